The Balaban J connectivity index is 1.50. The Kier molecular flexibility index (Phi) is 6.77. The summed E-state index contributed by atoms with van der Waals surface area (Å²) in [5, 5.41) is 3.57. The smallest absolute Gasteiger partial charge is 0.340 e. The van der Waals surface area contributed by atoms with Crippen LogP contribution in [-0.2, 0) is 10.3 Å². The third kappa shape index (κ3) is 4.73. The van der Waals surface area contributed by atoms with Gasteiger partial charge in [-0.25, -0.2) is 4.79 Å². The van der Waals surface area contributed by atoms with Gasteiger partial charge in [0.2, 0.25) is 0 Å². The molecule has 210 valence electrons. The molecule has 0 aromatic heterocycles. The zero-order valence-electron chi connectivity index (χ0n) is 24.7. The standard InChI is InChI=1S/C36H38N2O3/c1-22(2)20-38(21-23(3)4)27-13-14-30-34(19-27)40-33-16-12-26(37-32-15-11-24(5)17-25(32)6)18-31(33)36(30)29-10-8-7-9-28(29)35(39)41-36/h7-19,22-23,37H,20-21H2,1-6H3. The topological polar surface area (TPSA) is 50.8 Å². The summed E-state index contributed by atoms with van der Waals surface area (Å²) >= 11 is 0. The maximum absolute atomic E-state index is 13.3. The fourth-order valence-electron chi connectivity index (χ4n) is 6.21. The van der Waals surface area contributed by atoms with Crippen molar-refractivity contribution < 1.29 is 14.3 Å². The van der Waals surface area contributed by atoms with Crippen LogP contribution in [0.4, 0.5) is 17.1 Å². The lowest BCUT2D eigenvalue weighted by Gasteiger charge is -2.38. The predicted molar refractivity (Wildman–Crippen MR) is 166 cm³/mol. The van der Waals surface area contributed by atoms with Crippen molar-refractivity contribution in [3.05, 3.63) is 112 Å². The minimum absolute atomic E-state index is 0.322. The van der Waals surface area contributed by atoms with Crippen LogP contribution in [0.25, 0.3) is 0 Å². The Morgan fingerprint density at radius 1 is 0.780 bits per heavy atom. The van der Waals surface area contributed by atoms with Crippen LogP contribution in [-0.4, -0.2) is 19.1 Å². The van der Waals surface area contributed by atoms with Gasteiger partial charge in [-0.15, -0.1) is 0 Å². The number of benzene rings is 4. The molecule has 5 nitrogen and oxygen atoms in total. The van der Waals surface area contributed by atoms with Crippen LogP contribution in [0.3, 0.4) is 0 Å². The second-order valence-electron chi connectivity index (χ2n) is 12.2. The van der Waals surface area contributed by atoms with Gasteiger partial charge in [0.25, 0.3) is 0 Å². The summed E-state index contributed by atoms with van der Waals surface area (Å²) in [5.41, 5.74) is 7.40. The van der Waals surface area contributed by atoms with Gasteiger partial charge in [-0.3, -0.25) is 0 Å². The number of hydrogen-bond donors (Lipinski definition) is 1. The third-order valence-corrected chi connectivity index (χ3v) is 7.89. The van der Waals surface area contributed by atoms with E-state index in [1.54, 1.807) is 0 Å². The first-order valence-electron chi connectivity index (χ1n) is 14.5. The van der Waals surface area contributed by atoms with Gasteiger partial charge >= 0.3 is 5.97 Å². The lowest BCUT2D eigenvalue weighted by atomic mass is 9.77. The molecule has 0 bridgehead atoms. The predicted octanol–water partition coefficient (Wildman–Crippen LogP) is 8.73. The number of rotatable bonds is 7. The zero-order chi connectivity index (χ0) is 28.9. The Hall–Kier alpha value is -4.25. The average Bonchev–Trinajstić information content (AvgIpc) is 3.22. The third-order valence-electron chi connectivity index (χ3n) is 7.89. The molecule has 0 aliphatic carbocycles. The minimum Gasteiger partial charge on any atom is -0.456 e. The number of ether oxygens (including phenoxy) is 2. The van der Waals surface area contributed by atoms with E-state index in [2.05, 4.69) is 94.2 Å². The summed E-state index contributed by atoms with van der Waals surface area (Å²) in [7, 11) is 0. The van der Waals surface area contributed by atoms with Crippen molar-refractivity contribution in [2.24, 2.45) is 11.8 Å². The van der Waals surface area contributed by atoms with Gasteiger partial charge < -0.3 is 19.7 Å². The number of carbonyl (C=O) groups is 1. The Bertz CT molecular complexity index is 1630. The first kappa shape index (κ1) is 26.9. The van der Waals surface area contributed by atoms with Crippen molar-refractivity contribution in [2.75, 3.05) is 23.3 Å². The molecule has 0 radical (unpaired) electrons. The summed E-state index contributed by atoms with van der Waals surface area (Å²) in [5.74, 6) is 2.11. The molecule has 0 saturated heterocycles. The Morgan fingerprint density at radius 2 is 1.54 bits per heavy atom. The molecule has 2 aliphatic heterocycles. The van der Waals surface area contributed by atoms with Crippen LogP contribution >= 0.6 is 0 Å². The molecule has 2 aliphatic rings. The van der Waals surface area contributed by atoms with E-state index in [-0.39, 0.29) is 5.97 Å². The van der Waals surface area contributed by atoms with Crippen molar-refractivity contribution >= 4 is 23.0 Å². The molecule has 41 heavy (non-hydrogen) atoms. The van der Waals surface area contributed by atoms with Crippen LogP contribution in [0, 0.1) is 25.7 Å². The van der Waals surface area contributed by atoms with Gasteiger partial charge in [0.15, 0.2) is 5.60 Å². The van der Waals surface area contributed by atoms with Crippen molar-refractivity contribution in [3.63, 3.8) is 0 Å². The molecular formula is C36H38N2O3. The summed E-state index contributed by atoms with van der Waals surface area (Å²) in [6, 6.07) is 26.5. The number of fused-ring (bicyclic) bond motifs is 6. The monoisotopic (exact) mass is 546 g/mol. The highest BCUT2D eigenvalue weighted by Gasteiger charge is 2.53. The molecule has 4 aromatic rings. The van der Waals surface area contributed by atoms with Crippen molar-refractivity contribution in [2.45, 2.75) is 47.1 Å². The molecule has 1 N–H and O–H groups in total. The normalized spacial score (nSPS) is 16.7. The number of hydrogen-bond acceptors (Lipinski definition) is 5. The summed E-state index contributed by atoms with van der Waals surface area (Å²) in [4.78, 5) is 15.8. The number of nitrogens with one attached hydrogen (secondary N) is 1. The minimum atomic E-state index is -1.10. The van der Waals surface area contributed by atoms with Crippen LogP contribution in [0.2, 0.25) is 0 Å². The van der Waals surface area contributed by atoms with E-state index in [0.717, 1.165) is 52.4 Å². The zero-order valence-corrected chi connectivity index (χ0v) is 24.7. The lowest BCUT2D eigenvalue weighted by molar-refractivity contribution is 0.0224. The number of nitrogens with zero attached hydrogens (tertiary/aromatic N) is 1. The first-order chi connectivity index (χ1) is 19.7. The second kappa shape index (κ2) is 10.3. The van der Waals surface area contributed by atoms with Gasteiger partial charge in [0.1, 0.15) is 11.5 Å². The second-order valence-corrected chi connectivity index (χ2v) is 12.2. The van der Waals surface area contributed by atoms with Crippen LogP contribution in [0.1, 0.15) is 65.9 Å². The Morgan fingerprint density at radius 3 is 2.27 bits per heavy atom. The summed E-state index contributed by atoms with van der Waals surface area (Å²) in [6.07, 6.45) is 0. The number of aryl methyl sites for hydroxylation is 2. The first-order valence-corrected chi connectivity index (χ1v) is 14.5. The van der Waals surface area contributed by atoms with E-state index in [1.165, 1.54) is 5.56 Å². The molecule has 1 spiro atoms. The molecule has 5 heteroatoms. The molecule has 1 atom stereocenters. The largest absolute Gasteiger partial charge is 0.456 e. The fraction of sp³-hybridized carbons (Fsp3) is 0.306. The van der Waals surface area contributed by atoms with Gasteiger partial charge in [-0.1, -0.05) is 63.6 Å². The molecule has 6 rings (SSSR count). The quantitative estimate of drug-likeness (QED) is 0.235. The van der Waals surface area contributed by atoms with Gasteiger partial charge in [0.05, 0.1) is 5.56 Å². The molecule has 0 amide bonds. The van der Waals surface area contributed by atoms with E-state index < -0.39 is 5.60 Å². The van der Waals surface area contributed by atoms with Gasteiger partial charge in [0, 0.05) is 52.9 Å². The molecular weight excluding hydrogens is 508 g/mol. The molecule has 1 unspecified atom stereocenters. The number of anilines is 3. The summed E-state index contributed by atoms with van der Waals surface area (Å²) in [6.45, 7) is 15.1. The van der Waals surface area contributed by atoms with E-state index in [9.17, 15) is 4.79 Å². The van der Waals surface area contributed by atoms with Gasteiger partial charge in [-0.2, -0.15) is 0 Å². The van der Waals surface area contributed by atoms with Gasteiger partial charge in [-0.05, 0) is 73.7 Å². The lowest BCUT2D eigenvalue weighted by Crippen LogP contribution is -2.34. The molecule has 0 saturated carbocycles. The van der Waals surface area contributed by atoms with Crippen LogP contribution < -0.4 is 15.0 Å². The number of esters is 1. The molecule has 2 heterocycles. The highest BCUT2D eigenvalue weighted by molar-refractivity contribution is 5.97. The van der Waals surface area contributed by atoms with Crippen LogP contribution in [0.5, 0.6) is 11.5 Å². The highest BCUT2D eigenvalue weighted by atomic mass is 16.6. The van der Waals surface area contributed by atoms with Crippen LogP contribution in [0.15, 0.2) is 78.9 Å². The van der Waals surface area contributed by atoms with Crippen molar-refractivity contribution in [1.29, 1.82) is 0 Å². The SMILES string of the molecule is Cc1ccc(Nc2ccc3c(c2)C2(OC(=O)c4ccccc42)c2ccc(N(CC(C)C)CC(C)C)cc2O3)c(C)c1. The number of carbonyl (C=O) groups excluding carboxylic acids is 1. The fourth-order valence-corrected chi connectivity index (χ4v) is 6.21. The maximum Gasteiger partial charge on any atom is 0.340 e. The summed E-state index contributed by atoms with van der Waals surface area (Å²) < 4.78 is 13.0. The maximum atomic E-state index is 13.3. The van der Waals surface area contributed by atoms with E-state index in [4.69, 9.17) is 9.47 Å². The average molecular weight is 547 g/mol. The molecule has 4 aromatic carbocycles. The van der Waals surface area contributed by atoms with Crippen molar-refractivity contribution in [1.82, 2.24) is 0 Å². The van der Waals surface area contributed by atoms with Crippen molar-refractivity contribution in [3.8, 4) is 11.5 Å². The van der Waals surface area contributed by atoms with E-state index >= 15 is 0 Å². The van der Waals surface area contributed by atoms with E-state index in [1.807, 2.05) is 36.4 Å². The Labute approximate surface area is 243 Å². The highest BCUT2D eigenvalue weighted by Crippen LogP contribution is 2.57. The molecule has 0 fully saturated rings. The van der Waals surface area contributed by atoms with E-state index in [0.29, 0.717) is 28.9 Å².